The van der Waals surface area contributed by atoms with Gasteiger partial charge in [-0.1, -0.05) is 6.92 Å². The fourth-order valence-corrected chi connectivity index (χ4v) is 5.42. The lowest BCUT2D eigenvalue weighted by molar-refractivity contribution is -0.140. The molecule has 41 heavy (non-hydrogen) atoms. The summed E-state index contributed by atoms with van der Waals surface area (Å²) >= 11 is 0. The third kappa shape index (κ3) is 5.32. The van der Waals surface area contributed by atoms with Crippen molar-refractivity contribution < 1.29 is 31.9 Å². The van der Waals surface area contributed by atoms with Gasteiger partial charge in [-0.25, -0.2) is 23.7 Å². The van der Waals surface area contributed by atoms with Gasteiger partial charge in [-0.05, 0) is 24.6 Å². The molecule has 12 nitrogen and oxygen atoms in total. The maximum absolute atomic E-state index is 15.4. The lowest BCUT2D eigenvalue weighted by Crippen LogP contribution is -2.32. The highest BCUT2D eigenvalue weighted by Gasteiger charge is 2.30. The number of aromatic nitrogens is 4. The van der Waals surface area contributed by atoms with Crippen molar-refractivity contribution in [2.24, 2.45) is 5.92 Å². The number of rotatable bonds is 9. The van der Waals surface area contributed by atoms with E-state index in [2.05, 4.69) is 19.9 Å². The molecule has 1 fully saturated rings. The molecule has 0 amide bonds. The van der Waals surface area contributed by atoms with Gasteiger partial charge in [0.25, 0.3) is 0 Å². The largest absolute Gasteiger partial charge is 0.481 e. The van der Waals surface area contributed by atoms with E-state index >= 15 is 4.39 Å². The lowest BCUT2D eigenvalue weighted by Gasteiger charge is -2.17. The van der Waals surface area contributed by atoms with Crippen molar-refractivity contribution in [1.82, 2.24) is 24.2 Å². The number of carboxylic acids is 1. The van der Waals surface area contributed by atoms with Gasteiger partial charge in [0.15, 0.2) is 5.82 Å². The van der Waals surface area contributed by atoms with E-state index in [1.54, 1.807) is 17.9 Å². The Bertz CT molecular complexity index is 1760. The normalized spacial score (nSPS) is 15.5. The van der Waals surface area contributed by atoms with Gasteiger partial charge in [0, 0.05) is 73.5 Å². The van der Waals surface area contributed by atoms with Gasteiger partial charge >= 0.3 is 16.2 Å². The van der Waals surface area contributed by atoms with Crippen LogP contribution in [0.25, 0.3) is 22.2 Å². The van der Waals surface area contributed by atoms with Crippen molar-refractivity contribution in [3.05, 3.63) is 65.7 Å². The summed E-state index contributed by atoms with van der Waals surface area (Å²) in [5.41, 5.74) is -0.216. The van der Waals surface area contributed by atoms with E-state index in [0.29, 0.717) is 36.6 Å². The van der Waals surface area contributed by atoms with Gasteiger partial charge in [0.05, 0.1) is 17.2 Å². The Kier molecular flexibility index (Phi) is 7.40. The van der Waals surface area contributed by atoms with Crippen LogP contribution in [-0.2, 0) is 15.0 Å². The number of hydrogen-bond acceptors (Lipinski definition) is 8. The molecule has 1 saturated heterocycles. The van der Waals surface area contributed by atoms with Gasteiger partial charge in [-0.2, -0.15) is 12.7 Å². The van der Waals surface area contributed by atoms with Crippen LogP contribution in [-0.4, -0.2) is 76.2 Å². The minimum absolute atomic E-state index is 0.0767. The molecule has 4 aromatic rings. The Labute approximate surface area is 233 Å². The van der Waals surface area contributed by atoms with Gasteiger partial charge in [0.2, 0.25) is 11.7 Å². The Morgan fingerprint density at radius 2 is 1.88 bits per heavy atom. The predicted octanol–water partition coefficient (Wildman–Crippen LogP) is 3.05. The fraction of sp³-hybridized carbons (Fsp3) is 0.269. The van der Waals surface area contributed by atoms with Crippen molar-refractivity contribution in [3.8, 4) is 11.1 Å². The Hall–Kier alpha value is -4.50. The number of nitrogens with zero attached hydrogens (tertiary/aromatic N) is 5. The number of hydrogen-bond donors (Lipinski definition) is 3. The van der Waals surface area contributed by atoms with Crippen molar-refractivity contribution in [3.63, 3.8) is 0 Å². The van der Waals surface area contributed by atoms with E-state index < -0.39 is 50.8 Å². The average molecular weight is 586 g/mol. The molecule has 1 atom stereocenters. The predicted molar refractivity (Wildman–Crippen MR) is 146 cm³/mol. The molecular formula is C26H25F2N7O5S. The van der Waals surface area contributed by atoms with E-state index in [-0.39, 0.29) is 23.1 Å². The van der Waals surface area contributed by atoms with Crippen LogP contribution >= 0.6 is 0 Å². The molecule has 3 aromatic heterocycles. The number of halogens is 2. The van der Waals surface area contributed by atoms with Gasteiger partial charge < -0.3 is 15.0 Å². The van der Waals surface area contributed by atoms with Crippen LogP contribution in [0.4, 0.5) is 20.4 Å². The van der Waals surface area contributed by atoms with Crippen LogP contribution in [0.1, 0.15) is 29.3 Å². The van der Waals surface area contributed by atoms with Crippen molar-refractivity contribution >= 4 is 44.6 Å². The minimum Gasteiger partial charge on any atom is -0.481 e. The molecule has 15 heteroatoms. The average Bonchev–Trinajstić information content (AvgIpc) is 3.62. The lowest BCUT2D eigenvalue weighted by atomic mass is 10.0. The second-order valence-corrected chi connectivity index (χ2v) is 11.3. The van der Waals surface area contributed by atoms with Crippen LogP contribution in [0, 0.1) is 17.6 Å². The highest BCUT2D eigenvalue weighted by atomic mass is 32.2. The van der Waals surface area contributed by atoms with Crippen LogP contribution in [0.5, 0.6) is 0 Å². The number of H-pyrrole nitrogens is 1. The molecule has 4 heterocycles. The molecule has 0 unspecified atom stereocenters. The van der Waals surface area contributed by atoms with Crippen LogP contribution < -0.4 is 9.62 Å². The molecule has 0 aliphatic carbocycles. The van der Waals surface area contributed by atoms with Gasteiger partial charge in [0.1, 0.15) is 11.5 Å². The number of benzene rings is 1. The number of ketones is 1. The highest BCUT2D eigenvalue weighted by Crippen LogP contribution is 2.30. The van der Waals surface area contributed by atoms with Crippen molar-refractivity contribution in [1.29, 1.82) is 0 Å². The standard InChI is InChI=1S/C26H25F2N7O5S/c1-3-34(2)41(39,40)33-20-5-4-19(27)21(22(20)28)23(36)18-12-30-24-17(18)8-15(9-29-24)16-10-31-26(32-11-16)35-7-6-14(13-35)25(37)38/h4-5,8-12,14,33H,3,6-7,13H2,1-2H3,(H,29,30)(H,37,38)/t14-/m0/s1. The molecule has 1 aliphatic rings. The third-order valence-electron chi connectivity index (χ3n) is 6.98. The fourth-order valence-electron chi connectivity index (χ4n) is 4.49. The van der Waals surface area contributed by atoms with Crippen molar-refractivity contribution in [2.45, 2.75) is 13.3 Å². The summed E-state index contributed by atoms with van der Waals surface area (Å²) in [4.78, 5) is 42.2. The SMILES string of the molecule is CCN(C)S(=O)(=O)Nc1ccc(F)c(C(=O)c2c[nH]c3ncc(-c4cnc(N5CC[C@H](C(=O)O)C5)nc4)cc23)c1F. The second-order valence-electron chi connectivity index (χ2n) is 9.50. The first-order valence-corrected chi connectivity index (χ1v) is 14.0. The summed E-state index contributed by atoms with van der Waals surface area (Å²) in [5.74, 6) is -4.48. The molecule has 1 aliphatic heterocycles. The van der Waals surface area contributed by atoms with Crippen LogP contribution in [0.2, 0.25) is 0 Å². The number of aromatic amines is 1. The summed E-state index contributed by atoms with van der Waals surface area (Å²) in [6, 6.07) is 3.32. The first-order chi connectivity index (χ1) is 19.5. The smallest absolute Gasteiger partial charge is 0.308 e. The Morgan fingerprint density at radius 1 is 1.17 bits per heavy atom. The second kappa shape index (κ2) is 10.8. The third-order valence-corrected chi connectivity index (χ3v) is 8.54. The molecule has 0 radical (unpaired) electrons. The topological polar surface area (TPSA) is 161 Å². The first-order valence-electron chi connectivity index (χ1n) is 12.5. The molecule has 3 N–H and O–H groups in total. The summed E-state index contributed by atoms with van der Waals surface area (Å²) in [7, 11) is -2.84. The number of aliphatic carboxylic acids is 1. The van der Waals surface area contributed by atoms with E-state index in [9.17, 15) is 27.5 Å². The quantitative estimate of drug-likeness (QED) is 0.251. The van der Waals surface area contributed by atoms with E-state index in [4.69, 9.17) is 0 Å². The summed E-state index contributed by atoms with van der Waals surface area (Å²) in [5, 5.41) is 9.49. The summed E-state index contributed by atoms with van der Waals surface area (Å²) < 4.78 is 57.9. The van der Waals surface area contributed by atoms with E-state index in [0.717, 1.165) is 16.4 Å². The Balaban J connectivity index is 1.45. The number of pyridine rings is 1. The molecular weight excluding hydrogens is 560 g/mol. The molecule has 0 saturated carbocycles. The number of anilines is 2. The Morgan fingerprint density at radius 3 is 2.54 bits per heavy atom. The van der Waals surface area contributed by atoms with Gasteiger partial charge in [-0.15, -0.1) is 0 Å². The minimum atomic E-state index is -4.13. The maximum atomic E-state index is 15.4. The summed E-state index contributed by atoms with van der Waals surface area (Å²) in [6.07, 6.45) is 6.36. The molecule has 0 spiro atoms. The monoisotopic (exact) mass is 585 g/mol. The number of nitrogens with one attached hydrogen (secondary N) is 2. The van der Waals surface area contributed by atoms with Gasteiger partial charge in [-0.3, -0.25) is 14.3 Å². The maximum Gasteiger partial charge on any atom is 0.308 e. The van der Waals surface area contributed by atoms with Crippen LogP contribution in [0.15, 0.2) is 43.0 Å². The first kappa shape index (κ1) is 28.0. The number of fused-ring (bicyclic) bond motifs is 1. The number of carbonyl (C=O) groups excluding carboxylic acids is 1. The highest BCUT2D eigenvalue weighted by molar-refractivity contribution is 7.90. The number of carboxylic acid groups (broad SMARTS) is 1. The zero-order valence-corrected chi connectivity index (χ0v) is 22.7. The molecule has 0 bridgehead atoms. The van der Waals surface area contributed by atoms with Crippen LogP contribution in [0.3, 0.4) is 0 Å². The number of carbonyl (C=O) groups is 2. The molecule has 1 aromatic carbocycles. The van der Waals surface area contributed by atoms with E-state index in [1.807, 2.05) is 4.72 Å². The van der Waals surface area contributed by atoms with E-state index in [1.165, 1.54) is 31.8 Å². The molecule has 214 valence electrons. The zero-order chi connectivity index (χ0) is 29.5. The summed E-state index contributed by atoms with van der Waals surface area (Å²) in [6.45, 7) is 2.51. The molecule has 5 rings (SSSR count). The zero-order valence-electron chi connectivity index (χ0n) is 21.9. The van der Waals surface area contributed by atoms with Crippen molar-refractivity contribution in [2.75, 3.05) is 36.3 Å².